The number of rotatable bonds is 7. The van der Waals surface area contributed by atoms with E-state index >= 15 is 0 Å². The number of alkyl halides is 3. The van der Waals surface area contributed by atoms with Gasteiger partial charge >= 0.3 is 11.9 Å². The van der Waals surface area contributed by atoms with E-state index in [-0.39, 0.29) is 23.9 Å². The Kier molecular flexibility index (Phi) is 5.53. The fourth-order valence-electron chi connectivity index (χ4n) is 2.15. The molecule has 3 rings (SSSR count). The molecule has 9 nitrogen and oxygen atoms in total. The van der Waals surface area contributed by atoms with Gasteiger partial charge in [0.2, 0.25) is 0 Å². The molecular formula is C15H13F3N6O3S. The van der Waals surface area contributed by atoms with Gasteiger partial charge in [0.05, 0.1) is 16.4 Å². The van der Waals surface area contributed by atoms with E-state index < -0.39 is 16.7 Å². The number of thioether (sulfide) groups is 1. The van der Waals surface area contributed by atoms with Crippen molar-refractivity contribution in [2.24, 2.45) is 7.05 Å². The summed E-state index contributed by atoms with van der Waals surface area (Å²) in [5.41, 5.74) is -0.915. The van der Waals surface area contributed by atoms with Gasteiger partial charge < -0.3 is 9.30 Å². The maximum absolute atomic E-state index is 12.7. The van der Waals surface area contributed by atoms with Gasteiger partial charge in [0.25, 0.3) is 0 Å². The molecule has 2 heterocycles. The summed E-state index contributed by atoms with van der Waals surface area (Å²) in [7, 11) is 1.68. The average Bonchev–Trinajstić information content (AvgIpc) is 3.25. The number of hydrogen-bond acceptors (Lipinski definition) is 7. The molecule has 3 aromatic rings. The monoisotopic (exact) mass is 414 g/mol. The zero-order chi connectivity index (χ0) is 20.3. The van der Waals surface area contributed by atoms with Gasteiger partial charge in [-0.25, -0.2) is 0 Å². The number of ether oxygens (including phenoxy) is 1. The van der Waals surface area contributed by atoms with Crippen LogP contribution in [0.4, 0.5) is 18.9 Å². The third-order valence-corrected chi connectivity index (χ3v) is 4.62. The molecule has 0 atom stereocenters. The van der Waals surface area contributed by atoms with Gasteiger partial charge in [-0.05, 0) is 18.2 Å². The van der Waals surface area contributed by atoms with E-state index in [2.05, 4.69) is 15.3 Å². The van der Waals surface area contributed by atoms with Crippen LogP contribution in [0.15, 0.2) is 41.8 Å². The lowest BCUT2D eigenvalue weighted by Crippen LogP contribution is -2.07. The number of halogens is 3. The van der Waals surface area contributed by atoms with Crippen LogP contribution >= 0.6 is 11.8 Å². The van der Waals surface area contributed by atoms with Crippen LogP contribution in [0.1, 0.15) is 11.4 Å². The first kappa shape index (κ1) is 19.7. The Morgan fingerprint density at radius 1 is 1.32 bits per heavy atom. The summed E-state index contributed by atoms with van der Waals surface area (Å²) in [6, 6.07) is 4.56. The number of aromatic nitrogens is 5. The van der Waals surface area contributed by atoms with Crippen molar-refractivity contribution in [1.82, 2.24) is 24.5 Å². The van der Waals surface area contributed by atoms with Crippen LogP contribution in [0.25, 0.3) is 0 Å². The van der Waals surface area contributed by atoms with Gasteiger partial charge in [-0.3, -0.25) is 14.8 Å². The molecule has 0 fully saturated rings. The highest BCUT2D eigenvalue weighted by Crippen LogP contribution is 2.31. The van der Waals surface area contributed by atoms with Crippen LogP contribution < -0.4 is 4.74 Å². The number of nitrogens with zero attached hydrogens (tertiary/aromatic N) is 6. The Bertz CT molecular complexity index is 988. The molecule has 0 radical (unpaired) electrons. The Morgan fingerprint density at radius 3 is 2.79 bits per heavy atom. The lowest BCUT2D eigenvalue weighted by Gasteiger charge is -2.10. The lowest BCUT2D eigenvalue weighted by atomic mass is 10.2. The van der Waals surface area contributed by atoms with E-state index in [0.717, 1.165) is 18.3 Å². The van der Waals surface area contributed by atoms with Gasteiger partial charge in [0.1, 0.15) is 24.8 Å². The van der Waals surface area contributed by atoms with Crippen LogP contribution in [0.5, 0.6) is 5.75 Å². The Labute approximate surface area is 160 Å². The molecule has 0 aliphatic carbocycles. The van der Waals surface area contributed by atoms with Crippen molar-refractivity contribution in [2.45, 2.75) is 23.8 Å². The molecule has 0 spiro atoms. The molecule has 28 heavy (non-hydrogen) atoms. The standard InChI is InChI=1S/C15H13F3N6O3S/c1-22-13(8-27-12-4-2-3-10(5-12)15(16,17)18)20-21-14(22)28-9-23-7-11(6-19-23)24(25)26/h2-7H,8-9H2,1H3. The molecule has 0 amide bonds. The highest BCUT2D eigenvalue weighted by molar-refractivity contribution is 7.98. The number of hydrogen-bond donors (Lipinski definition) is 0. The van der Waals surface area contributed by atoms with Gasteiger partial charge in [0.15, 0.2) is 11.0 Å². The van der Waals surface area contributed by atoms with Crippen molar-refractivity contribution in [2.75, 3.05) is 0 Å². The second kappa shape index (κ2) is 7.88. The quantitative estimate of drug-likeness (QED) is 0.332. The average molecular weight is 414 g/mol. The van der Waals surface area contributed by atoms with Crippen LogP contribution in [-0.2, 0) is 25.7 Å². The minimum atomic E-state index is -4.45. The first-order valence-corrected chi connectivity index (χ1v) is 8.70. The molecule has 0 unspecified atom stereocenters. The molecule has 0 saturated heterocycles. The van der Waals surface area contributed by atoms with Crippen molar-refractivity contribution >= 4 is 17.4 Å². The fourth-order valence-corrected chi connectivity index (χ4v) is 2.93. The van der Waals surface area contributed by atoms with Gasteiger partial charge in [-0.2, -0.15) is 18.3 Å². The van der Waals surface area contributed by atoms with Crippen LogP contribution in [0.2, 0.25) is 0 Å². The topological polar surface area (TPSA) is 101 Å². The van der Waals surface area contributed by atoms with Gasteiger partial charge in [-0.15, -0.1) is 10.2 Å². The fraction of sp³-hybridized carbons (Fsp3) is 0.267. The van der Waals surface area contributed by atoms with Crippen molar-refractivity contribution in [3.63, 3.8) is 0 Å². The van der Waals surface area contributed by atoms with E-state index in [1.54, 1.807) is 11.6 Å². The molecule has 0 aliphatic rings. The van der Waals surface area contributed by atoms with Crippen LogP contribution in [0, 0.1) is 10.1 Å². The summed E-state index contributed by atoms with van der Waals surface area (Å²) in [6.45, 7) is -0.0708. The van der Waals surface area contributed by atoms with Crippen LogP contribution in [-0.4, -0.2) is 29.5 Å². The van der Waals surface area contributed by atoms with Crippen molar-refractivity contribution in [3.05, 3.63) is 58.2 Å². The molecule has 0 N–H and O–H groups in total. The maximum Gasteiger partial charge on any atom is 0.416 e. The zero-order valence-corrected chi connectivity index (χ0v) is 15.1. The Hall–Kier alpha value is -3.09. The third-order valence-electron chi connectivity index (χ3n) is 3.61. The Morgan fingerprint density at radius 2 is 2.11 bits per heavy atom. The van der Waals surface area contributed by atoms with E-state index in [1.165, 1.54) is 34.8 Å². The summed E-state index contributed by atoms with van der Waals surface area (Å²) < 4.78 is 46.6. The molecular weight excluding hydrogens is 401 g/mol. The molecule has 0 saturated carbocycles. The van der Waals surface area contributed by atoms with E-state index in [0.29, 0.717) is 11.0 Å². The lowest BCUT2D eigenvalue weighted by molar-refractivity contribution is -0.385. The predicted octanol–water partition coefficient (Wildman–Crippen LogP) is 3.27. The Balaban J connectivity index is 1.61. The second-order valence-corrected chi connectivity index (χ2v) is 6.45. The maximum atomic E-state index is 12.7. The third kappa shape index (κ3) is 4.60. The van der Waals surface area contributed by atoms with Crippen molar-refractivity contribution < 1.29 is 22.8 Å². The molecule has 13 heteroatoms. The van der Waals surface area contributed by atoms with E-state index in [4.69, 9.17) is 4.74 Å². The SMILES string of the molecule is Cn1c(COc2cccc(C(F)(F)F)c2)nnc1SCn1cc([N+](=O)[O-])cn1. The van der Waals surface area contributed by atoms with Crippen molar-refractivity contribution in [1.29, 1.82) is 0 Å². The summed E-state index contributed by atoms with van der Waals surface area (Å²) in [4.78, 5) is 10.1. The largest absolute Gasteiger partial charge is 0.486 e. The van der Waals surface area contributed by atoms with E-state index in [1.807, 2.05) is 0 Å². The summed E-state index contributed by atoms with van der Waals surface area (Å²) >= 11 is 1.24. The second-order valence-electron chi connectivity index (χ2n) is 5.54. The van der Waals surface area contributed by atoms with Crippen LogP contribution in [0.3, 0.4) is 0 Å². The van der Waals surface area contributed by atoms with Gasteiger partial charge in [0, 0.05) is 7.05 Å². The molecule has 2 aromatic heterocycles. The minimum absolute atomic E-state index is 0.0656. The van der Waals surface area contributed by atoms with E-state index in [9.17, 15) is 23.3 Å². The smallest absolute Gasteiger partial charge is 0.416 e. The molecule has 148 valence electrons. The normalized spacial score (nSPS) is 11.6. The predicted molar refractivity (Wildman–Crippen MR) is 91.5 cm³/mol. The highest BCUT2D eigenvalue weighted by atomic mass is 32.2. The van der Waals surface area contributed by atoms with Gasteiger partial charge in [-0.1, -0.05) is 17.8 Å². The first-order valence-electron chi connectivity index (χ1n) is 7.72. The van der Waals surface area contributed by atoms with Crippen molar-refractivity contribution in [3.8, 4) is 5.75 Å². The number of nitro groups is 1. The molecule has 0 aliphatic heterocycles. The zero-order valence-electron chi connectivity index (χ0n) is 14.3. The number of benzene rings is 1. The highest BCUT2D eigenvalue weighted by Gasteiger charge is 2.30. The first-order chi connectivity index (χ1) is 13.2. The summed E-state index contributed by atoms with van der Waals surface area (Å²) in [6.07, 6.45) is -2.01. The minimum Gasteiger partial charge on any atom is -0.486 e. The summed E-state index contributed by atoms with van der Waals surface area (Å²) in [5, 5.41) is 23.0. The molecule has 0 bridgehead atoms. The molecule has 1 aromatic carbocycles. The summed E-state index contributed by atoms with van der Waals surface area (Å²) in [5.74, 6) is 0.746.